The highest BCUT2D eigenvalue weighted by Gasteiger charge is 2.47. The van der Waals surface area contributed by atoms with Crippen LogP contribution >= 0.6 is 0 Å². The van der Waals surface area contributed by atoms with Gasteiger partial charge in [-0.05, 0) is 24.7 Å². The van der Waals surface area contributed by atoms with E-state index in [2.05, 4.69) is 33.0 Å². The highest BCUT2D eigenvalue weighted by Crippen LogP contribution is 2.32. The number of amides is 2. The molecule has 1 aliphatic carbocycles. The molecule has 2 fully saturated rings. The van der Waals surface area contributed by atoms with Gasteiger partial charge in [0.1, 0.15) is 12.1 Å². The van der Waals surface area contributed by atoms with E-state index in [-0.39, 0.29) is 41.8 Å². The first-order valence-electron chi connectivity index (χ1n) is 8.63. The molecule has 1 aliphatic heterocycles. The maximum atomic E-state index is 13.0. The van der Waals surface area contributed by atoms with Crippen LogP contribution < -0.4 is 5.32 Å². The fourth-order valence-electron chi connectivity index (χ4n) is 3.69. The first-order chi connectivity index (χ1) is 10.0. The smallest absolute Gasteiger partial charge is 0.246 e. The van der Waals surface area contributed by atoms with E-state index >= 15 is 0 Å². The maximum absolute atomic E-state index is 13.0. The Kier molecular flexibility index (Phi) is 5.28. The number of piperazine rings is 1. The van der Waals surface area contributed by atoms with Crippen molar-refractivity contribution in [3.8, 4) is 0 Å². The van der Waals surface area contributed by atoms with Crippen LogP contribution in [0.5, 0.6) is 0 Å². The topological polar surface area (TPSA) is 49.4 Å². The Morgan fingerprint density at radius 2 is 1.67 bits per heavy atom. The standard InChI is InChI=1S/C17H30N2O2/c1-5-11(3)14-17(21)19(13-9-7-8-10-13)15(12(4)6-2)16(20)18-14/h11-15H,5-10H2,1-4H3,(H,18,20). The molecule has 4 unspecified atom stereocenters. The highest BCUT2D eigenvalue weighted by atomic mass is 16.2. The van der Waals surface area contributed by atoms with Gasteiger partial charge in [-0.15, -0.1) is 0 Å². The second kappa shape index (κ2) is 6.80. The van der Waals surface area contributed by atoms with E-state index in [1.807, 2.05) is 4.90 Å². The quantitative estimate of drug-likeness (QED) is 0.847. The van der Waals surface area contributed by atoms with Gasteiger partial charge >= 0.3 is 0 Å². The van der Waals surface area contributed by atoms with Crippen LogP contribution in [-0.2, 0) is 9.59 Å². The summed E-state index contributed by atoms with van der Waals surface area (Å²) in [5, 5.41) is 3.01. The van der Waals surface area contributed by atoms with Crippen LogP contribution in [0.1, 0.15) is 66.2 Å². The molecule has 0 aromatic rings. The average molecular weight is 294 g/mol. The number of rotatable bonds is 5. The van der Waals surface area contributed by atoms with Crippen molar-refractivity contribution in [1.82, 2.24) is 10.2 Å². The van der Waals surface area contributed by atoms with Crippen molar-refractivity contribution in [3.63, 3.8) is 0 Å². The predicted molar refractivity (Wildman–Crippen MR) is 83.7 cm³/mol. The molecule has 0 radical (unpaired) electrons. The van der Waals surface area contributed by atoms with Gasteiger partial charge in [-0.25, -0.2) is 0 Å². The zero-order chi connectivity index (χ0) is 15.6. The van der Waals surface area contributed by atoms with Gasteiger partial charge in [0.05, 0.1) is 0 Å². The lowest BCUT2D eigenvalue weighted by atomic mass is 9.87. The van der Waals surface area contributed by atoms with Gasteiger partial charge in [-0.1, -0.05) is 53.4 Å². The van der Waals surface area contributed by atoms with E-state index in [9.17, 15) is 9.59 Å². The molecule has 2 amide bonds. The first-order valence-corrected chi connectivity index (χ1v) is 8.63. The van der Waals surface area contributed by atoms with Crippen molar-refractivity contribution in [2.45, 2.75) is 84.3 Å². The zero-order valence-electron chi connectivity index (χ0n) is 13.9. The van der Waals surface area contributed by atoms with Crippen LogP contribution in [-0.4, -0.2) is 34.8 Å². The second-order valence-corrected chi connectivity index (χ2v) is 6.89. The maximum Gasteiger partial charge on any atom is 0.246 e. The van der Waals surface area contributed by atoms with Gasteiger partial charge in [0.2, 0.25) is 11.8 Å². The van der Waals surface area contributed by atoms with Crippen LogP contribution in [0.2, 0.25) is 0 Å². The Hall–Kier alpha value is -1.06. The molecule has 4 heteroatoms. The molecule has 0 aromatic heterocycles. The van der Waals surface area contributed by atoms with E-state index in [4.69, 9.17) is 0 Å². The number of nitrogens with one attached hydrogen (secondary N) is 1. The van der Waals surface area contributed by atoms with Crippen LogP contribution in [0, 0.1) is 11.8 Å². The lowest BCUT2D eigenvalue weighted by molar-refractivity contribution is -0.156. The summed E-state index contributed by atoms with van der Waals surface area (Å²) in [6, 6.07) is -0.330. The minimum atomic E-state index is -0.330. The molecular formula is C17H30N2O2. The van der Waals surface area contributed by atoms with Gasteiger partial charge in [0.15, 0.2) is 0 Å². The normalized spacial score (nSPS) is 30.4. The molecule has 4 atom stereocenters. The van der Waals surface area contributed by atoms with E-state index in [1.165, 1.54) is 12.8 Å². The zero-order valence-corrected chi connectivity index (χ0v) is 13.9. The van der Waals surface area contributed by atoms with Crippen molar-refractivity contribution >= 4 is 11.8 Å². The van der Waals surface area contributed by atoms with Crippen molar-refractivity contribution in [3.05, 3.63) is 0 Å². The Labute approximate surface area is 128 Å². The summed E-state index contributed by atoms with van der Waals surface area (Å²) in [5.41, 5.74) is 0. The molecule has 120 valence electrons. The SMILES string of the molecule is CCC(C)C1NC(=O)C(C(C)CC)N(C2CCCC2)C1=O. The van der Waals surface area contributed by atoms with Crippen molar-refractivity contribution in [1.29, 1.82) is 0 Å². The molecule has 0 bridgehead atoms. The molecule has 1 heterocycles. The lowest BCUT2D eigenvalue weighted by Crippen LogP contribution is -2.68. The summed E-state index contributed by atoms with van der Waals surface area (Å²) >= 11 is 0. The van der Waals surface area contributed by atoms with E-state index in [0.717, 1.165) is 25.7 Å². The first kappa shape index (κ1) is 16.3. The van der Waals surface area contributed by atoms with E-state index in [1.54, 1.807) is 0 Å². The highest BCUT2D eigenvalue weighted by molar-refractivity contribution is 5.97. The van der Waals surface area contributed by atoms with E-state index in [0.29, 0.717) is 0 Å². The minimum Gasteiger partial charge on any atom is -0.342 e. The fraction of sp³-hybridized carbons (Fsp3) is 0.882. The Morgan fingerprint density at radius 3 is 2.19 bits per heavy atom. The largest absolute Gasteiger partial charge is 0.342 e. The van der Waals surface area contributed by atoms with Crippen LogP contribution in [0.3, 0.4) is 0 Å². The lowest BCUT2D eigenvalue weighted by Gasteiger charge is -2.45. The molecule has 2 rings (SSSR count). The number of hydrogen-bond acceptors (Lipinski definition) is 2. The van der Waals surface area contributed by atoms with Gasteiger partial charge in [-0.2, -0.15) is 0 Å². The molecular weight excluding hydrogens is 264 g/mol. The third kappa shape index (κ3) is 3.09. The Balaban J connectivity index is 2.29. The number of carbonyl (C=O) groups excluding carboxylic acids is 2. The van der Waals surface area contributed by atoms with Crippen molar-refractivity contribution in [2.75, 3.05) is 0 Å². The molecule has 0 spiro atoms. The number of carbonyl (C=O) groups is 2. The van der Waals surface area contributed by atoms with Crippen LogP contribution in [0.4, 0.5) is 0 Å². The van der Waals surface area contributed by atoms with E-state index < -0.39 is 0 Å². The summed E-state index contributed by atoms with van der Waals surface area (Å²) in [7, 11) is 0. The molecule has 1 saturated heterocycles. The average Bonchev–Trinajstić information content (AvgIpc) is 3.01. The Morgan fingerprint density at radius 1 is 1.10 bits per heavy atom. The molecule has 21 heavy (non-hydrogen) atoms. The third-order valence-electron chi connectivity index (χ3n) is 5.50. The molecule has 1 saturated carbocycles. The summed E-state index contributed by atoms with van der Waals surface area (Å²) in [4.78, 5) is 27.6. The van der Waals surface area contributed by atoms with Crippen LogP contribution in [0.15, 0.2) is 0 Å². The van der Waals surface area contributed by atoms with Crippen molar-refractivity contribution < 1.29 is 9.59 Å². The summed E-state index contributed by atoms with van der Waals surface area (Å²) in [5.74, 6) is 0.623. The third-order valence-corrected chi connectivity index (χ3v) is 5.50. The second-order valence-electron chi connectivity index (χ2n) is 6.89. The summed E-state index contributed by atoms with van der Waals surface area (Å²) in [6.45, 7) is 8.31. The number of nitrogens with zero attached hydrogens (tertiary/aromatic N) is 1. The van der Waals surface area contributed by atoms with Gasteiger partial charge in [0.25, 0.3) is 0 Å². The minimum absolute atomic E-state index is 0.0566. The van der Waals surface area contributed by atoms with Gasteiger partial charge in [-0.3, -0.25) is 9.59 Å². The van der Waals surface area contributed by atoms with Crippen molar-refractivity contribution in [2.24, 2.45) is 11.8 Å². The predicted octanol–water partition coefficient (Wildman–Crippen LogP) is 2.72. The van der Waals surface area contributed by atoms with Gasteiger partial charge in [0, 0.05) is 6.04 Å². The number of hydrogen-bond donors (Lipinski definition) is 1. The summed E-state index contributed by atoms with van der Waals surface area (Å²) < 4.78 is 0. The van der Waals surface area contributed by atoms with Crippen LogP contribution in [0.25, 0.3) is 0 Å². The Bertz CT molecular complexity index is 390. The molecule has 2 aliphatic rings. The molecule has 1 N–H and O–H groups in total. The monoisotopic (exact) mass is 294 g/mol. The molecule has 0 aromatic carbocycles. The van der Waals surface area contributed by atoms with Gasteiger partial charge < -0.3 is 10.2 Å². The molecule has 4 nitrogen and oxygen atoms in total. The summed E-state index contributed by atoms with van der Waals surface area (Å²) in [6.07, 6.45) is 6.29. The fourth-order valence-corrected chi connectivity index (χ4v) is 3.69.